The van der Waals surface area contributed by atoms with Gasteiger partial charge in [-0.15, -0.1) is 0 Å². The molecule has 5 nitrogen and oxygen atoms in total. The van der Waals surface area contributed by atoms with Crippen molar-refractivity contribution >= 4 is 12.0 Å². The number of carbonyl (C=O) groups is 2. The molecule has 2 N–H and O–H groups in total. The number of hydrogen-bond acceptors (Lipinski definition) is 2. The van der Waals surface area contributed by atoms with Crippen LogP contribution in [0.1, 0.15) is 12.8 Å². The molecule has 1 atom stereocenters. The zero-order chi connectivity index (χ0) is 9.14. The molecule has 2 amide bonds. The van der Waals surface area contributed by atoms with Gasteiger partial charge in [0, 0.05) is 20.0 Å². The van der Waals surface area contributed by atoms with E-state index >= 15 is 0 Å². The van der Waals surface area contributed by atoms with Crippen molar-refractivity contribution in [2.75, 3.05) is 13.6 Å². The van der Waals surface area contributed by atoms with E-state index in [4.69, 9.17) is 5.11 Å². The van der Waals surface area contributed by atoms with E-state index in [0.29, 0.717) is 13.0 Å². The fourth-order valence-corrected chi connectivity index (χ4v) is 1.22. The molecule has 1 aliphatic rings. The summed E-state index contributed by atoms with van der Waals surface area (Å²) in [5.74, 6) is -0.817. The van der Waals surface area contributed by atoms with Gasteiger partial charge in [0.15, 0.2) is 0 Å². The highest BCUT2D eigenvalue weighted by molar-refractivity contribution is 5.76. The van der Waals surface area contributed by atoms with Crippen LogP contribution in [-0.2, 0) is 4.79 Å². The predicted molar refractivity (Wildman–Crippen MR) is 41.8 cm³/mol. The molecule has 1 aliphatic heterocycles. The maximum Gasteiger partial charge on any atom is 0.317 e. The zero-order valence-corrected chi connectivity index (χ0v) is 6.91. The standard InChI is InChI=1S/C7H12N2O3/c1-9-5(2-3-6(10)11)4-8-7(9)12/h5H,2-4H2,1H3,(H,8,12)(H,10,11). The summed E-state index contributed by atoms with van der Waals surface area (Å²) < 4.78 is 0. The van der Waals surface area contributed by atoms with Gasteiger partial charge in [0.25, 0.3) is 0 Å². The van der Waals surface area contributed by atoms with Gasteiger partial charge in [0.2, 0.25) is 0 Å². The number of carboxylic acid groups (broad SMARTS) is 1. The van der Waals surface area contributed by atoms with Crippen molar-refractivity contribution in [1.29, 1.82) is 0 Å². The molecule has 0 radical (unpaired) electrons. The first kappa shape index (κ1) is 8.83. The highest BCUT2D eigenvalue weighted by atomic mass is 16.4. The summed E-state index contributed by atoms with van der Waals surface area (Å²) in [7, 11) is 1.68. The summed E-state index contributed by atoms with van der Waals surface area (Å²) in [6.45, 7) is 0.558. The van der Waals surface area contributed by atoms with Crippen LogP contribution in [0.15, 0.2) is 0 Å². The Bertz CT molecular complexity index is 205. The molecule has 0 spiro atoms. The van der Waals surface area contributed by atoms with Gasteiger partial charge in [-0.2, -0.15) is 0 Å². The van der Waals surface area contributed by atoms with Crippen LogP contribution in [0.4, 0.5) is 4.79 Å². The van der Waals surface area contributed by atoms with Gasteiger partial charge in [-0.1, -0.05) is 0 Å². The summed E-state index contributed by atoms with van der Waals surface area (Å²) in [6.07, 6.45) is 0.633. The Morgan fingerprint density at radius 2 is 2.50 bits per heavy atom. The molecule has 1 heterocycles. The van der Waals surface area contributed by atoms with Crippen LogP contribution in [0.25, 0.3) is 0 Å². The quantitative estimate of drug-likeness (QED) is 0.623. The first-order valence-corrected chi connectivity index (χ1v) is 3.83. The first-order valence-electron chi connectivity index (χ1n) is 3.83. The molecule has 1 rings (SSSR count). The topological polar surface area (TPSA) is 69.6 Å². The van der Waals surface area contributed by atoms with Crippen LogP contribution in [0.2, 0.25) is 0 Å². The Balaban J connectivity index is 2.34. The van der Waals surface area contributed by atoms with Crippen molar-refractivity contribution < 1.29 is 14.7 Å². The SMILES string of the molecule is CN1C(=O)NCC1CCC(=O)O. The van der Waals surface area contributed by atoms with E-state index < -0.39 is 5.97 Å². The van der Waals surface area contributed by atoms with Gasteiger partial charge in [-0.3, -0.25) is 4.79 Å². The van der Waals surface area contributed by atoms with Crippen molar-refractivity contribution in [3.8, 4) is 0 Å². The minimum absolute atomic E-state index is 0.0357. The monoisotopic (exact) mass is 172 g/mol. The van der Waals surface area contributed by atoms with Gasteiger partial charge in [0.05, 0.1) is 6.04 Å². The zero-order valence-electron chi connectivity index (χ0n) is 6.91. The minimum Gasteiger partial charge on any atom is -0.481 e. The highest BCUT2D eigenvalue weighted by Gasteiger charge is 2.26. The third kappa shape index (κ3) is 1.87. The first-order chi connectivity index (χ1) is 5.61. The molecule has 12 heavy (non-hydrogen) atoms. The molecular weight excluding hydrogens is 160 g/mol. The average molecular weight is 172 g/mol. The number of rotatable bonds is 3. The lowest BCUT2D eigenvalue weighted by Gasteiger charge is -2.16. The second kappa shape index (κ2) is 3.42. The molecule has 0 bridgehead atoms. The van der Waals surface area contributed by atoms with Gasteiger partial charge >= 0.3 is 12.0 Å². The van der Waals surface area contributed by atoms with Crippen molar-refractivity contribution in [3.63, 3.8) is 0 Å². The summed E-state index contributed by atoms with van der Waals surface area (Å²) in [5, 5.41) is 11.0. The lowest BCUT2D eigenvalue weighted by molar-refractivity contribution is -0.137. The average Bonchev–Trinajstić information content (AvgIpc) is 2.30. The van der Waals surface area contributed by atoms with Crippen LogP contribution in [0.3, 0.4) is 0 Å². The Morgan fingerprint density at radius 1 is 1.83 bits per heavy atom. The maximum atomic E-state index is 10.9. The molecule has 1 fully saturated rings. The molecule has 68 valence electrons. The van der Waals surface area contributed by atoms with E-state index in [-0.39, 0.29) is 18.5 Å². The number of likely N-dealkylation sites (N-methyl/N-ethyl adjacent to an activating group) is 1. The van der Waals surface area contributed by atoms with Gasteiger partial charge < -0.3 is 15.3 Å². The summed E-state index contributed by atoms with van der Waals surface area (Å²) in [5.41, 5.74) is 0. The second-order valence-electron chi connectivity index (χ2n) is 2.88. The lowest BCUT2D eigenvalue weighted by Crippen LogP contribution is -2.30. The van der Waals surface area contributed by atoms with E-state index in [0.717, 1.165) is 0 Å². The molecule has 1 unspecified atom stereocenters. The molecular formula is C7H12N2O3. The van der Waals surface area contributed by atoms with Crippen molar-refractivity contribution in [3.05, 3.63) is 0 Å². The molecule has 0 aromatic carbocycles. The van der Waals surface area contributed by atoms with E-state index in [1.165, 1.54) is 0 Å². The van der Waals surface area contributed by atoms with Crippen molar-refractivity contribution in [1.82, 2.24) is 10.2 Å². The molecule has 0 aromatic rings. The van der Waals surface area contributed by atoms with Crippen LogP contribution < -0.4 is 5.32 Å². The van der Waals surface area contributed by atoms with Crippen molar-refractivity contribution in [2.24, 2.45) is 0 Å². The van der Waals surface area contributed by atoms with E-state index in [9.17, 15) is 9.59 Å². The van der Waals surface area contributed by atoms with E-state index in [1.807, 2.05) is 0 Å². The predicted octanol–water partition coefficient (Wildman–Crippen LogP) is -0.125. The van der Waals surface area contributed by atoms with Crippen LogP contribution >= 0.6 is 0 Å². The lowest BCUT2D eigenvalue weighted by atomic mass is 10.1. The highest BCUT2D eigenvalue weighted by Crippen LogP contribution is 2.09. The number of urea groups is 1. The third-order valence-corrected chi connectivity index (χ3v) is 2.05. The number of hydrogen-bond donors (Lipinski definition) is 2. The second-order valence-corrected chi connectivity index (χ2v) is 2.88. The molecule has 0 aliphatic carbocycles. The van der Waals surface area contributed by atoms with E-state index in [2.05, 4.69) is 5.32 Å². The van der Waals surface area contributed by atoms with Gasteiger partial charge in [-0.25, -0.2) is 4.79 Å². The van der Waals surface area contributed by atoms with Crippen LogP contribution in [-0.4, -0.2) is 41.6 Å². The van der Waals surface area contributed by atoms with Crippen LogP contribution in [0, 0.1) is 0 Å². The number of amides is 2. The molecule has 0 aromatic heterocycles. The molecule has 1 saturated heterocycles. The summed E-state index contributed by atoms with van der Waals surface area (Å²) in [4.78, 5) is 22.7. The Kier molecular flexibility index (Phi) is 2.52. The fourth-order valence-electron chi connectivity index (χ4n) is 1.22. The summed E-state index contributed by atoms with van der Waals surface area (Å²) >= 11 is 0. The minimum atomic E-state index is -0.817. The number of nitrogens with one attached hydrogen (secondary N) is 1. The Morgan fingerprint density at radius 3 is 2.92 bits per heavy atom. The van der Waals surface area contributed by atoms with Gasteiger partial charge in [0.1, 0.15) is 0 Å². The van der Waals surface area contributed by atoms with Crippen molar-refractivity contribution in [2.45, 2.75) is 18.9 Å². The number of aliphatic carboxylic acids is 1. The maximum absolute atomic E-state index is 10.9. The summed E-state index contributed by atoms with van der Waals surface area (Å²) in [6, 6.07) is -0.0843. The molecule has 0 saturated carbocycles. The number of carbonyl (C=O) groups excluding carboxylic acids is 1. The Labute approximate surface area is 70.4 Å². The van der Waals surface area contributed by atoms with E-state index in [1.54, 1.807) is 11.9 Å². The largest absolute Gasteiger partial charge is 0.481 e. The third-order valence-electron chi connectivity index (χ3n) is 2.05. The normalized spacial score (nSPS) is 22.6. The smallest absolute Gasteiger partial charge is 0.317 e. The number of carboxylic acids is 1. The van der Waals surface area contributed by atoms with Crippen LogP contribution in [0.5, 0.6) is 0 Å². The molecule has 5 heteroatoms. The van der Waals surface area contributed by atoms with Gasteiger partial charge in [-0.05, 0) is 6.42 Å². The Hall–Kier alpha value is -1.26. The fraction of sp³-hybridized carbons (Fsp3) is 0.714. The number of nitrogens with zero attached hydrogens (tertiary/aromatic N) is 1.